The van der Waals surface area contributed by atoms with Gasteiger partial charge in [0.1, 0.15) is 0 Å². The zero-order chi connectivity index (χ0) is 27.3. The number of carbonyl (C=O) groups is 1. The zero-order valence-corrected chi connectivity index (χ0v) is 20.8. The molecule has 37 heavy (non-hydrogen) atoms. The van der Waals surface area contributed by atoms with Gasteiger partial charge in [0.05, 0.1) is 34.9 Å². The lowest BCUT2D eigenvalue weighted by Gasteiger charge is -2.46. The average molecular weight is 529 g/mol. The van der Waals surface area contributed by atoms with Gasteiger partial charge in [0.15, 0.2) is 5.78 Å². The molecule has 2 heterocycles. The number of halogens is 6. The fraction of sp³-hybridized carbons (Fsp3) is 0.519. The maximum absolute atomic E-state index is 13.3. The molecule has 0 radical (unpaired) electrons. The molecule has 202 valence electrons. The van der Waals surface area contributed by atoms with Gasteiger partial charge in [-0.3, -0.25) is 10.1 Å². The molecule has 0 amide bonds. The topological polar surface area (TPSA) is 50.4 Å². The SMILES string of the molecule is C[C@@H](OC[C@@]1(c2ccccc2)CC[C@@]2(CN1)NC(C)(C)CC2=O)c1cc(C(F)(F)F)cc(C(F)(F)F)c1. The van der Waals surface area contributed by atoms with Crippen LogP contribution in [0, 0.1) is 0 Å². The predicted octanol–water partition coefficient (Wildman–Crippen LogP) is 6.16. The van der Waals surface area contributed by atoms with Gasteiger partial charge in [-0.2, -0.15) is 26.3 Å². The molecule has 1 spiro atoms. The Morgan fingerprint density at radius 1 is 0.946 bits per heavy atom. The molecular weight excluding hydrogens is 498 g/mol. The summed E-state index contributed by atoms with van der Waals surface area (Å²) in [4.78, 5) is 12.9. The van der Waals surface area contributed by atoms with E-state index >= 15 is 0 Å². The number of ether oxygens (including phenoxy) is 1. The van der Waals surface area contributed by atoms with Crippen molar-refractivity contribution in [1.29, 1.82) is 0 Å². The van der Waals surface area contributed by atoms with Gasteiger partial charge in [0.25, 0.3) is 0 Å². The van der Waals surface area contributed by atoms with Crippen LogP contribution in [0.2, 0.25) is 0 Å². The third-order valence-corrected chi connectivity index (χ3v) is 7.41. The van der Waals surface area contributed by atoms with E-state index < -0.39 is 40.7 Å². The van der Waals surface area contributed by atoms with Crippen LogP contribution >= 0.6 is 0 Å². The van der Waals surface area contributed by atoms with Crippen LogP contribution in [0.15, 0.2) is 48.5 Å². The Morgan fingerprint density at radius 3 is 2.00 bits per heavy atom. The highest BCUT2D eigenvalue weighted by Gasteiger charge is 2.54. The van der Waals surface area contributed by atoms with Gasteiger partial charge < -0.3 is 10.1 Å². The molecule has 0 aliphatic carbocycles. The van der Waals surface area contributed by atoms with Crippen molar-refractivity contribution in [1.82, 2.24) is 10.6 Å². The molecule has 3 atom stereocenters. The summed E-state index contributed by atoms with van der Waals surface area (Å²) < 4.78 is 86.0. The highest BCUT2D eigenvalue weighted by molar-refractivity contribution is 5.92. The zero-order valence-electron chi connectivity index (χ0n) is 20.8. The van der Waals surface area contributed by atoms with E-state index in [1.54, 1.807) is 0 Å². The van der Waals surface area contributed by atoms with E-state index in [2.05, 4.69) is 10.6 Å². The van der Waals surface area contributed by atoms with Crippen LogP contribution in [0.25, 0.3) is 0 Å². The Balaban J connectivity index is 1.59. The van der Waals surface area contributed by atoms with Gasteiger partial charge in [-0.15, -0.1) is 0 Å². The Bertz CT molecular complexity index is 1100. The summed E-state index contributed by atoms with van der Waals surface area (Å²) in [5.74, 6) is 0.115. The predicted molar refractivity (Wildman–Crippen MR) is 126 cm³/mol. The van der Waals surface area contributed by atoms with Gasteiger partial charge in [-0.1, -0.05) is 30.3 Å². The maximum atomic E-state index is 13.3. The molecule has 2 N–H and O–H groups in total. The highest BCUT2D eigenvalue weighted by Crippen LogP contribution is 2.41. The summed E-state index contributed by atoms with van der Waals surface area (Å²) in [6, 6.07) is 10.8. The van der Waals surface area contributed by atoms with Crippen LogP contribution in [0.4, 0.5) is 26.3 Å². The molecule has 0 unspecified atom stereocenters. The Hall–Kier alpha value is -2.43. The average Bonchev–Trinajstić information content (AvgIpc) is 3.05. The van der Waals surface area contributed by atoms with Crippen LogP contribution in [-0.4, -0.2) is 30.0 Å². The number of carbonyl (C=O) groups excluding carboxylic acids is 1. The number of piperidine rings is 1. The van der Waals surface area contributed by atoms with Crippen LogP contribution < -0.4 is 10.6 Å². The first-order valence-corrected chi connectivity index (χ1v) is 12.1. The molecule has 2 aliphatic heterocycles. The van der Waals surface area contributed by atoms with Crippen molar-refractivity contribution in [2.24, 2.45) is 0 Å². The number of hydrogen-bond donors (Lipinski definition) is 2. The third-order valence-electron chi connectivity index (χ3n) is 7.41. The van der Waals surface area contributed by atoms with E-state index in [1.807, 2.05) is 44.2 Å². The van der Waals surface area contributed by atoms with Crippen molar-refractivity contribution in [3.63, 3.8) is 0 Å². The Labute approximate surface area is 211 Å². The van der Waals surface area contributed by atoms with Gasteiger partial charge in [-0.05, 0) is 62.9 Å². The molecule has 4 nitrogen and oxygen atoms in total. The molecule has 0 aromatic heterocycles. The largest absolute Gasteiger partial charge is 0.416 e. The van der Waals surface area contributed by atoms with Crippen LogP contribution in [0.1, 0.15) is 68.4 Å². The second-order valence-corrected chi connectivity index (χ2v) is 10.8. The normalized spacial score (nSPS) is 27.0. The molecule has 0 bridgehead atoms. The van der Waals surface area contributed by atoms with Gasteiger partial charge in [0, 0.05) is 18.5 Å². The molecule has 0 saturated carbocycles. The number of rotatable bonds is 5. The summed E-state index contributed by atoms with van der Waals surface area (Å²) in [5.41, 5.74) is -3.95. The molecule has 2 saturated heterocycles. The van der Waals surface area contributed by atoms with Crippen LogP contribution in [-0.2, 0) is 27.4 Å². The number of alkyl halides is 6. The molecule has 2 aromatic rings. The minimum Gasteiger partial charge on any atom is -0.372 e. The quantitative estimate of drug-likeness (QED) is 0.457. The Kier molecular flexibility index (Phi) is 7.01. The van der Waals surface area contributed by atoms with Crippen molar-refractivity contribution in [3.8, 4) is 0 Å². The molecular formula is C27H30F6N2O2. The highest BCUT2D eigenvalue weighted by atomic mass is 19.4. The molecule has 2 aliphatic rings. The molecule has 4 rings (SSSR count). The number of benzene rings is 2. The summed E-state index contributed by atoms with van der Waals surface area (Å²) in [6.07, 6.45) is -9.53. The maximum Gasteiger partial charge on any atom is 0.416 e. The van der Waals surface area contributed by atoms with Crippen LogP contribution in [0.3, 0.4) is 0 Å². The van der Waals surface area contributed by atoms with E-state index in [0.29, 0.717) is 37.9 Å². The van der Waals surface area contributed by atoms with Crippen molar-refractivity contribution in [2.75, 3.05) is 13.2 Å². The fourth-order valence-electron chi connectivity index (χ4n) is 5.39. The molecule has 10 heteroatoms. The van der Waals surface area contributed by atoms with Crippen molar-refractivity contribution in [3.05, 3.63) is 70.8 Å². The standard InChI is InChI=1S/C27H30F6N2O2/c1-17(18-11-20(26(28,29)30)13-21(12-18)27(31,32)33)37-16-25(19-7-5-4-6-8-19)10-9-24(15-34-25)22(36)14-23(2,3)35-24/h4-8,11-13,17,34-35H,9-10,14-16H2,1-3H3/t17-,24+,25-/m1/s1. The van der Waals surface area contributed by atoms with E-state index in [-0.39, 0.29) is 29.6 Å². The first kappa shape index (κ1) is 27.6. The lowest BCUT2D eigenvalue weighted by atomic mass is 9.75. The van der Waals surface area contributed by atoms with Crippen molar-refractivity contribution < 1.29 is 35.9 Å². The number of ketones is 1. The van der Waals surface area contributed by atoms with Crippen molar-refractivity contribution in [2.45, 2.75) is 75.1 Å². The summed E-state index contributed by atoms with van der Waals surface area (Å²) in [5, 5.41) is 6.91. The first-order chi connectivity index (χ1) is 17.1. The van der Waals surface area contributed by atoms with E-state index in [0.717, 1.165) is 5.56 Å². The third kappa shape index (κ3) is 5.71. The Morgan fingerprint density at radius 2 is 1.54 bits per heavy atom. The second-order valence-electron chi connectivity index (χ2n) is 10.8. The van der Waals surface area contributed by atoms with Crippen LogP contribution in [0.5, 0.6) is 0 Å². The van der Waals surface area contributed by atoms with E-state index in [4.69, 9.17) is 4.74 Å². The smallest absolute Gasteiger partial charge is 0.372 e. The minimum atomic E-state index is -4.94. The summed E-state index contributed by atoms with van der Waals surface area (Å²) in [6.45, 7) is 5.68. The summed E-state index contributed by atoms with van der Waals surface area (Å²) >= 11 is 0. The molecule has 2 fully saturated rings. The van der Waals surface area contributed by atoms with Gasteiger partial charge in [-0.25, -0.2) is 0 Å². The van der Waals surface area contributed by atoms with Crippen molar-refractivity contribution >= 4 is 5.78 Å². The first-order valence-electron chi connectivity index (χ1n) is 12.1. The number of hydrogen-bond acceptors (Lipinski definition) is 4. The lowest BCUT2D eigenvalue weighted by molar-refractivity contribution is -0.143. The van der Waals surface area contributed by atoms with Gasteiger partial charge >= 0.3 is 12.4 Å². The summed E-state index contributed by atoms with van der Waals surface area (Å²) in [7, 11) is 0. The fourth-order valence-corrected chi connectivity index (χ4v) is 5.39. The number of nitrogens with one attached hydrogen (secondary N) is 2. The number of Topliss-reactive ketones (excluding diaryl/α,β-unsaturated/α-hetero) is 1. The van der Waals surface area contributed by atoms with E-state index in [1.165, 1.54) is 6.92 Å². The monoisotopic (exact) mass is 528 g/mol. The molecule has 2 aromatic carbocycles. The van der Waals surface area contributed by atoms with Gasteiger partial charge in [0.2, 0.25) is 0 Å². The lowest BCUT2D eigenvalue weighted by Crippen LogP contribution is -2.65. The van der Waals surface area contributed by atoms with E-state index in [9.17, 15) is 31.1 Å². The minimum absolute atomic E-state index is 0.0105. The second kappa shape index (κ2) is 9.39.